The SMILES string of the molecule is Cc1cc(C(=O)N2CCOC(c3ccc(F)cc3)C2)cc2sc(N)nc12. The molecular weight excluding hydrogens is 353 g/mol. The maximum atomic E-state index is 13.1. The summed E-state index contributed by atoms with van der Waals surface area (Å²) in [6.07, 6.45) is -0.253. The summed E-state index contributed by atoms with van der Waals surface area (Å²) in [5.74, 6) is -0.331. The van der Waals surface area contributed by atoms with Crippen molar-refractivity contribution in [3.63, 3.8) is 0 Å². The second kappa shape index (κ2) is 6.66. The van der Waals surface area contributed by atoms with Crippen molar-refractivity contribution in [2.24, 2.45) is 0 Å². The Morgan fingerprint density at radius 1 is 1.35 bits per heavy atom. The van der Waals surface area contributed by atoms with Crippen LogP contribution in [0.1, 0.15) is 27.6 Å². The fraction of sp³-hybridized carbons (Fsp3) is 0.263. The molecule has 1 unspecified atom stereocenters. The number of aryl methyl sites for hydroxylation is 1. The van der Waals surface area contributed by atoms with Gasteiger partial charge >= 0.3 is 0 Å². The summed E-state index contributed by atoms with van der Waals surface area (Å²) in [5.41, 5.74) is 9.06. The van der Waals surface area contributed by atoms with E-state index in [2.05, 4.69) is 4.98 Å². The lowest BCUT2D eigenvalue weighted by Crippen LogP contribution is -2.42. The number of morpholine rings is 1. The molecule has 5 nitrogen and oxygen atoms in total. The molecule has 7 heteroatoms. The molecule has 2 heterocycles. The number of nitrogens with zero attached hydrogens (tertiary/aromatic N) is 2. The Labute approximate surface area is 154 Å². The lowest BCUT2D eigenvalue weighted by Gasteiger charge is -2.33. The lowest BCUT2D eigenvalue weighted by atomic mass is 10.1. The van der Waals surface area contributed by atoms with E-state index < -0.39 is 0 Å². The van der Waals surface area contributed by atoms with Crippen LogP contribution in [-0.4, -0.2) is 35.5 Å². The van der Waals surface area contributed by atoms with Crippen molar-refractivity contribution in [2.75, 3.05) is 25.4 Å². The third-order valence-corrected chi connectivity index (χ3v) is 5.38. The topological polar surface area (TPSA) is 68.5 Å². The van der Waals surface area contributed by atoms with Crippen LogP contribution in [0.15, 0.2) is 36.4 Å². The number of fused-ring (bicyclic) bond motifs is 1. The Kier molecular flexibility index (Phi) is 4.34. The molecule has 4 rings (SSSR count). The number of carbonyl (C=O) groups is 1. The zero-order valence-corrected chi connectivity index (χ0v) is 15.1. The van der Waals surface area contributed by atoms with Gasteiger partial charge in [-0.2, -0.15) is 0 Å². The van der Waals surface area contributed by atoms with Crippen LogP contribution in [0.5, 0.6) is 0 Å². The zero-order chi connectivity index (χ0) is 18.3. The van der Waals surface area contributed by atoms with Crippen LogP contribution >= 0.6 is 11.3 Å². The molecule has 1 atom stereocenters. The van der Waals surface area contributed by atoms with Gasteiger partial charge < -0.3 is 15.4 Å². The summed E-state index contributed by atoms with van der Waals surface area (Å²) in [7, 11) is 0. The number of nitrogens with two attached hydrogens (primary N) is 1. The molecule has 134 valence electrons. The molecule has 1 amide bonds. The van der Waals surface area contributed by atoms with Crippen molar-refractivity contribution in [3.05, 3.63) is 58.9 Å². The van der Waals surface area contributed by atoms with Crippen LogP contribution in [0, 0.1) is 12.7 Å². The fourth-order valence-electron chi connectivity index (χ4n) is 3.23. The highest BCUT2D eigenvalue weighted by Gasteiger charge is 2.26. The molecule has 0 radical (unpaired) electrons. The highest BCUT2D eigenvalue weighted by atomic mass is 32.1. The molecule has 26 heavy (non-hydrogen) atoms. The highest BCUT2D eigenvalue weighted by molar-refractivity contribution is 7.22. The number of ether oxygens (including phenoxy) is 1. The van der Waals surface area contributed by atoms with Crippen LogP contribution in [0.4, 0.5) is 9.52 Å². The predicted molar refractivity (Wildman–Crippen MR) is 99.8 cm³/mol. The van der Waals surface area contributed by atoms with Gasteiger partial charge in [0.05, 0.1) is 23.4 Å². The molecule has 3 aromatic rings. The van der Waals surface area contributed by atoms with E-state index in [1.165, 1.54) is 23.5 Å². The van der Waals surface area contributed by atoms with Gasteiger partial charge in [-0.1, -0.05) is 23.5 Å². The van der Waals surface area contributed by atoms with Crippen molar-refractivity contribution in [2.45, 2.75) is 13.0 Å². The molecule has 0 saturated carbocycles. The highest BCUT2D eigenvalue weighted by Crippen LogP contribution is 2.29. The van der Waals surface area contributed by atoms with Crippen LogP contribution in [-0.2, 0) is 4.74 Å². The van der Waals surface area contributed by atoms with Crippen molar-refractivity contribution in [1.29, 1.82) is 0 Å². The number of halogens is 1. The van der Waals surface area contributed by atoms with E-state index in [0.717, 1.165) is 21.3 Å². The first-order valence-corrected chi connectivity index (χ1v) is 9.16. The summed E-state index contributed by atoms with van der Waals surface area (Å²) < 4.78 is 19.8. The first-order chi connectivity index (χ1) is 12.5. The fourth-order valence-corrected chi connectivity index (χ4v) is 4.08. The van der Waals surface area contributed by atoms with Gasteiger partial charge in [0.1, 0.15) is 11.9 Å². The lowest BCUT2D eigenvalue weighted by molar-refractivity contribution is -0.0228. The largest absolute Gasteiger partial charge is 0.375 e. The van der Waals surface area contributed by atoms with E-state index in [4.69, 9.17) is 10.5 Å². The summed E-state index contributed by atoms with van der Waals surface area (Å²) in [6.45, 7) is 3.34. The molecular formula is C19H18FN3O2S. The minimum Gasteiger partial charge on any atom is -0.375 e. The summed E-state index contributed by atoms with van der Waals surface area (Å²) in [5, 5.41) is 0.496. The first-order valence-electron chi connectivity index (χ1n) is 8.34. The average molecular weight is 371 g/mol. The number of amides is 1. The molecule has 2 aromatic carbocycles. The molecule has 1 aromatic heterocycles. The second-order valence-corrected chi connectivity index (χ2v) is 7.42. The van der Waals surface area contributed by atoms with Crippen molar-refractivity contribution < 1.29 is 13.9 Å². The number of hydrogen-bond acceptors (Lipinski definition) is 5. The molecule has 1 fully saturated rings. The molecule has 1 saturated heterocycles. The number of aromatic nitrogens is 1. The van der Waals surface area contributed by atoms with Gasteiger partial charge in [-0.3, -0.25) is 4.79 Å². The van der Waals surface area contributed by atoms with Crippen LogP contribution in [0.3, 0.4) is 0 Å². The Balaban J connectivity index is 1.58. The van der Waals surface area contributed by atoms with Crippen LogP contribution in [0.25, 0.3) is 10.2 Å². The van der Waals surface area contributed by atoms with Gasteiger partial charge in [-0.15, -0.1) is 0 Å². The normalized spacial score (nSPS) is 17.6. The van der Waals surface area contributed by atoms with Crippen molar-refractivity contribution in [3.8, 4) is 0 Å². The van der Waals surface area contributed by atoms with E-state index in [-0.39, 0.29) is 17.8 Å². The third kappa shape index (κ3) is 3.15. The zero-order valence-electron chi connectivity index (χ0n) is 14.2. The Morgan fingerprint density at radius 3 is 2.88 bits per heavy atom. The Morgan fingerprint density at radius 2 is 2.12 bits per heavy atom. The van der Waals surface area contributed by atoms with E-state index in [1.807, 2.05) is 19.1 Å². The first kappa shape index (κ1) is 16.9. The van der Waals surface area contributed by atoms with Gasteiger partial charge in [-0.25, -0.2) is 9.37 Å². The van der Waals surface area contributed by atoms with E-state index in [1.54, 1.807) is 17.0 Å². The second-order valence-electron chi connectivity index (χ2n) is 6.35. The Hall–Kier alpha value is -2.51. The number of thiazole rings is 1. The predicted octanol–water partition coefficient (Wildman–Crippen LogP) is 3.54. The van der Waals surface area contributed by atoms with Crippen LogP contribution < -0.4 is 5.73 Å². The molecule has 2 N–H and O–H groups in total. The molecule has 1 aliphatic heterocycles. The molecule has 0 bridgehead atoms. The average Bonchev–Trinajstić information content (AvgIpc) is 3.03. The monoisotopic (exact) mass is 371 g/mol. The Bertz CT molecular complexity index is 971. The smallest absolute Gasteiger partial charge is 0.254 e. The van der Waals surface area contributed by atoms with Crippen LogP contribution in [0.2, 0.25) is 0 Å². The number of benzene rings is 2. The minimum atomic E-state index is -0.287. The maximum absolute atomic E-state index is 13.1. The third-order valence-electron chi connectivity index (χ3n) is 4.54. The van der Waals surface area contributed by atoms with Gasteiger partial charge in [0.25, 0.3) is 5.91 Å². The van der Waals surface area contributed by atoms with Gasteiger partial charge in [0.15, 0.2) is 5.13 Å². The molecule has 1 aliphatic rings. The van der Waals surface area contributed by atoms with E-state index in [9.17, 15) is 9.18 Å². The quantitative estimate of drug-likeness (QED) is 0.748. The van der Waals surface area contributed by atoms with E-state index in [0.29, 0.717) is 30.4 Å². The van der Waals surface area contributed by atoms with Crippen molar-refractivity contribution >= 4 is 32.6 Å². The van der Waals surface area contributed by atoms with Gasteiger partial charge in [-0.05, 0) is 42.3 Å². The molecule has 0 spiro atoms. The number of hydrogen-bond donors (Lipinski definition) is 1. The summed E-state index contributed by atoms with van der Waals surface area (Å²) in [6, 6.07) is 9.91. The van der Waals surface area contributed by atoms with Gasteiger partial charge in [0, 0.05) is 12.1 Å². The van der Waals surface area contributed by atoms with Gasteiger partial charge in [0.2, 0.25) is 0 Å². The minimum absolute atomic E-state index is 0.0441. The van der Waals surface area contributed by atoms with E-state index >= 15 is 0 Å². The number of nitrogen functional groups attached to an aromatic ring is 1. The summed E-state index contributed by atoms with van der Waals surface area (Å²) in [4.78, 5) is 19.1. The maximum Gasteiger partial charge on any atom is 0.254 e. The number of carbonyl (C=O) groups excluding carboxylic acids is 1. The van der Waals surface area contributed by atoms with Crippen molar-refractivity contribution in [1.82, 2.24) is 9.88 Å². The number of anilines is 1. The number of rotatable bonds is 2. The molecule has 0 aliphatic carbocycles. The standard InChI is InChI=1S/C19H18FN3O2S/c1-11-8-13(9-16-17(11)22-19(21)26-16)18(24)23-6-7-25-15(10-23)12-2-4-14(20)5-3-12/h2-5,8-9,15H,6-7,10H2,1H3,(H2,21,22). The summed E-state index contributed by atoms with van der Waals surface area (Å²) >= 11 is 1.38.